The first-order valence-electron chi connectivity index (χ1n) is 34.2. The molecule has 19 aromatic rings. The Hall–Kier alpha value is -11.6. The van der Waals surface area contributed by atoms with Crippen LogP contribution in [0.1, 0.15) is 0 Å². The minimum absolute atomic E-state index is 0.821. The quantitative estimate of drug-likeness (QED) is 0.140. The van der Waals surface area contributed by atoms with Crippen LogP contribution in [0, 0.1) is 0 Å². The van der Waals surface area contributed by atoms with Gasteiger partial charge in [0.15, 0.2) is 0 Å². The highest BCUT2D eigenvalue weighted by atomic mass is 35.5. The van der Waals surface area contributed by atoms with E-state index in [4.69, 9.17) is 46.4 Å². The van der Waals surface area contributed by atoms with Crippen molar-refractivity contribution in [2.24, 2.45) is 0 Å². The summed E-state index contributed by atoms with van der Waals surface area (Å²) in [6.45, 7) is 0. The third-order valence-electron chi connectivity index (χ3n) is 19.3. The number of rotatable bonds is 7. The van der Waals surface area contributed by atoms with Crippen molar-refractivity contribution in [3.63, 3.8) is 0 Å². The molecule has 0 saturated carbocycles. The zero-order valence-electron chi connectivity index (χ0n) is 55.5. The van der Waals surface area contributed by atoms with Crippen molar-refractivity contribution >= 4 is 133 Å². The van der Waals surface area contributed by atoms with Crippen molar-refractivity contribution in [2.75, 3.05) is 0 Å². The van der Waals surface area contributed by atoms with Crippen LogP contribution in [0.2, 0.25) is 20.1 Å². The SMILES string of the molecule is Clc1c2ccccc2c(-c2ccc(-c3ccccc3)cc2)c2ccccc12.Clc1c2ccccc2c(-c2cccc(-c3ccccc3)c2)c2ccccc12.Clc1c2ccccc2c(-c2ccccc2)c2ccccc12.Clc1c2ccccc2c(-c2ccccc2-c2ccccc2)c2ccccc12. The van der Waals surface area contributed by atoms with Crippen LogP contribution >= 0.6 is 46.4 Å². The third kappa shape index (κ3) is 12.6. The highest BCUT2D eigenvalue weighted by molar-refractivity contribution is 6.44. The predicted octanol–water partition coefficient (Wildman–Crippen LogP) is 30.3. The average molecular weight is 1380 g/mol. The van der Waals surface area contributed by atoms with Crippen molar-refractivity contribution in [1.29, 1.82) is 0 Å². The van der Waals surface area contributed by atoms with Gasteiger partial charge >= 0.3 is 0 Å². The Morgan fingerprint density at radius 1 is 0.118 bits per heavy atom. The molecular weight excluding hydrogens is 1320 g/mol. The monoisotopic (exact) mass is 1380 g/mol. The lowest BCUT2D eigenvalue weighted by molar-refractivity contribution is 1.61. The van der Waals surface area contributed by atoms with E-state index >= 15 is 0 Å². The molecule has 0 bridgehead atoms. The molecule has 19 rings (SSSR count). The number of fused-ring (bicyclic) bond motifs is 8. The zero-order valence-corrected chi connectivity index (χ0v) is 58.5. The van der Waals surface area contributed by atoms with Crippen LogP contribution in [0.4, 0.5) is 0 Å². The van der Waals surface area contributed by atoms with Crippen molar-refractivity contribution in [3.8, 4) is 77.9 Å². The van der Waals surface area contributed by atoms with Gasteiger partial charge in [0, 0.05) is 43.1 Å². The Bertz CT molecular complexity index is 6040. The molecule has 0 aliphatic heterocycles. The standard InChI is InChI=1S/3C26H17Cl.C20H13Cl/c27-26-23-15-6-4-13-21(23)25(22-14-5-7-16-24(22)26)20-12-8-11-19(17-20)18-9-2-1-3-10-18;27-26-23-12-6-4-10-21(23)25(22-11-5-7-13-24(22)26)20-16-14-19(15-17-20)18-8-2-1-3-9-18;27-26-23-16-8-6-14-21(23)25(22-15-7-9-17-24(22)26)20-13-5-4-12-19(20)18-10-2-1-3-11-18;21-20-17-12-6-4-10-15(17)19(14-8-2-1-3-9-14)16-11-5-7-13-18(16)20/h3*1-17H;1-13H. The molecular formula is C98H64Cl4. The molecule has 0 fully saturated rings. The van der Waals surface area contributed by atoms with Gasteiger partial charge < -0.3 is 0 Å². The molecule has 0 aromatic heterocycles. The van der Waals surface area contributed by atoms with Gasteiger partial charge in [-0.25, -0.2) is 0 Å². The Morgan fingerprint density at radius 2 is 0.314 bits per heavy atom. The zero-order chi connectivity index (χ0) is 68.9. The summed E-state index contributed by atoms with van der Waals surface area (Å²) in [5, 5.41) is 21.6. The van der Waals surface area contributed by atoms with Crippen LogP contribution in [0.15, 0.2) is 388 Å². The van der Waals surface area contributed by atoms with E-state index in [1.807, 2.05) is 54.6 Å². The third-order valence-corrected chi connectivity index (χ3v) is 21.0. The van der Waals surface area contributed by atoms with Gasteiger partial charge in [-0.2, -0.15) is 0 Å². The minimum Gasteiger partial charge on any atom is -0.0830 e. The second-order valence-electron chi connectivity index (χ2n) is 25.3. The second kappa shape index (κ2) is 29.3. The van der Waals surface area contributed by atoms with E-state index in [1.54, 1.807) is 0 Å². The first kappa shape index (κ1) is 65.1. The van der Waals surface area contributed by atoms with Gasteiger partial charge in [-0.05, 0) is 127 Å². The van der Waals surface area contributed by atoms with Crippen LogP contribution in [0.25, 0.3) is 164 Å². The number of hydrogen-bond donors (Lipinski definition) is 0. The first-order chi connectivity index (χ1) is 50.4. The molecule has 0 atom stereocenters. The van der Waals surface area contributed by atoms with Crippen molar-refractivity contribution in [3.05, 3.63) is 408 Å². The van der Waals surface area contributed by atoms with Gasteiger partial charge in [-0.3, -0.25) is 0 Å². The maximum absolute atomic E-state index is 6.79. The summed E-state index contributed by atoms with van der Waals surface area (Å²) in [6, 6.07) is 135. The van der Waals surface area contributed by atoms with Gasteiger partial charge in [-0.1, -0.05) is 429 Å². The van der Waals surface area contributed by atoms with E-state index in [0.717, 1.165) is 63.2 Å². The molecule has 0 aliphatic rings. The summed E-state index contributed by atoms with van der Waals surface area (Å²) >= 11 is 26.9. The molecule has 0 unspecified atom stereocenters. The lowest BCUT2D eigenvalue weighted by Gasteiger charge is -2.17. The van der Waals surface area contributed by atoms with Crippen molar-refractivity contribution < 1.29 is 0 Å². The molecule has 0 amide bonds. The number of benzene rings is 19. The van der Waals surface area contributed by atoms with Crippen LogP contribution < -0.4 is 0 Å². The molecule has 0 radical (unpaired) electrons. The second-order valence-corrected chi connectivity index (χ2v) is 26.8. The molecule has 4 heteroatoms. The minimum atomic E-state index is 0.821. The average Bonchev–Trinajstić information content (AvgIpc) is 1.13. The molecule has 484 valence electrons. The van der Waals surface area contributed by atoms with Crippen LogP contribution in [0.3, 0.4) is 0 Å². The molecule has 0 saturated heterocycles. The van der Waals surface area contributed by atoms with Crippen LogP contribution in [-0.2, 0) is 0 Å². The van der Waals surface area contributed by atoms with Gasteiger partial charge in [-0.15, -0.1) is 0 Å². The summed E-state index contributed by atoms with van der Waals surface area (Å²) in [6.07, 6.45) is 0. The van der Waals surface area contributed by atoms with Crippen LogP contribution in [-0.4, -0.2) is 0 Å². The fourth-order valence-electron chi connectivity index (χ4n) is 14.6. The Morgan fingerprint density at radius 3 is 0.647 bits per heavy atom. The van der Waals surface area contributed by atoms with Gasteiger partial charge in [0.25, 0.3) is 0 Å². The number of halogens is 4. The van der Waals surface area contributed by atoms with E-state index in [-0.39, 0.29) is 0 Å². The Kier molecular flexibility index (Phi) is 18.7. The van der Waals surface area contributed by atoms with Gasteiger partial charge in [0.05, 0.1) is 20.1 Å². The van der Waals surface area contributed by atoms with E-state index in [1.165, 1.54) is 121 Å². The van der Waals surface area contributed by atoms with Gasteiger partial charge in [0.2, 0.25) is 0 Å². The van der Waals surface area contributed by atoms with Gasteiger partial charge in [0.1, 0.15) is 0 Å². The maximum atomic E-state index is 6.79. The summed E-state index contributed by atoms with van der Waals surface area (Å²) < 4.78 is 0. The maximum Gasteiger partial charge on any atom is 0.0563 e. The van der Waals surface area contributed by atoms with E-state index in [0.29, 0.717) is 0 Å². The lowest BCUT2D eigenvalue weighted by Crippen LogP contribution is -1.90. The van der Waals surface area contributed by atoms with Crippen molar-refractivity contribution in [2.45, 2.75) is 0 Å². The Labute approximate surface area is 614 Å². The molecule has 0 N–H and O–H groups in total. The van der Waals surface area contributed by atoms with Crippen LogP contribution in [0.5, 0.6) is 0 Å². The summed E-state index contributed by atoms with van der Waals surface area (Å²) in [5.74, 6) is 0. The van der Waals surface area contributed by atoms with Crippen molar-refractivity contribution in [1.82, 2.24) is 0 Å². The predicted molar refractivity (Wildman–Crippen MR) is 444 cm³/mol. The normalized spacial score (nSPS) is 11.1. The highest BCUT2D eigenvalue weighted by Crippen LogP contribution is 2.48. The summed E-state index contributed by atoms with van der Waals surface area (Å²) in [4.78, 5) is 0. The van der Waals surface area contributed by atoms with E-state index in [2.05, 4.69) is 334 Å². The molecule has 0 nitrogen and oxygen atoms in total. The largest absolute Gasteiger partial charge is 0.0830 e. The first-order valence-corrected chi connectivity index (χ1v) is 35.7. The molecule has 102 heavy (non-hydrogen) atoms. The molecule has 0 spiro atoms. The molecule has 0 aliphatic carbocycles. The van der Waals surface area contributed by atoms with E-state index < -0.39 is 0 Å². The molecule has 0 heterocycles. The molecule has 19 aromatic carbocycles. The number of hydrogen-bond acceptors (Lipinski definition) is 0. The Balaban J connectivity index is 0.000000106. The lowest BCUT2D eigenvalue weighted by atomic mass is 9.88. The fraction of sp³-hybridized carbons (Fsp3) is 0. The van der Waals surface area contributed by atoms with E-state index in [9.17, 15) is 0 Å². The highest BCUT2D eigenvalue weighted by Gasteiger charge is 2.20. The topological polar surface area (TPSA) is 0 Å². The summed E-state index contributed by atoms with van der Waals surface area (Å²) in [7, 11) is 0. The summed E-state index contributed by atoms with van der Waals surface area (Å²) in [5.41, 5.74) is 17.2. The fourth-order valence-corrected chi connectivity index (χ4v) is 16.0. The smallest absolute Gasteiger partial charge is 0.0563 e.